The van der Waals surface area contributed by atoms with Crippen LogP contribution < -0.4 is 5.32 Å². The van der Waals surface area contributed by atoms with Gasteiger partial charge in [-0.15, -0.1) is 0 Å². The van der Waals surface area contributed by atoms with Crippen LogP contribution in [0.4, 0.5) is 4.39 Å². The van der Waals surface area contributed by atoms with Gasteiger partial charge in [-0.05, 0) is 12.1 Å². The molecule has 1 aliphatic rings. The van der Waals surface area contributed by atoms with Crippen LogP contribution in [0.5, 0.6) is 0 Å². The molecule has 2 rings (SSSR count). The Balaban J connectivity index is 2.35. The fourth-order valence-corrected chi connectivity index (χ4v) is 1.40. The molecular weight excluding hydrogens is 197 g/mol. The predicted octanol–water partition coefficient (Wildman–Crippen LogP) is 1.26. The lowest BCUT2D eigenvalue weighted by Gasteiger charge is -1.96. The molecule has 1 aliphatic heterocycles. The second-order valence-electron chi connectivity index (χ2n) is 3.25. The van der Waals surface area contributed by atoms with Crippen LogP contribution in [0.2, 0.25) is 0 Å². The van der Waals surface area contributed by atoms with Crippen molar-refractivity contribution in [1.82, 2.24) is 5.32 Å². The first-order chi connectivity index (χ1) is 7.16. The fraction of sp³-hybridized carbons (Fsp3) is 0.0909. The van der Waals surface area contributed by atoms with E-state index in [2.05, 4.69) is 5.32 Å². The van der Waals surface area contributed by atoms with Crippen LogP contribution >= 0.6 is 0 Å². The summed E-state index contributed by atoms with van der Waals surface area (Å²) in [4.78, 5) is 22.1. The predicted molar refractivity (Wildman–Crippen MR) is 52.1 cm³/mol. The number of halogens is 1. The molecule has 1 heterocycles. The van der Waals surface area contributed by atoms with E-state index in [4.69, 9.17) is 0 Å². The quantitative estimate of drug-likeness (QED) is 0.554. The molecule has 0 spiro atoms. The van der Waals surface area contributed by atoms with Gasteiger partial charge in [-0.25, -0.2) is 4.39 Å². The SMILES string of the molecule is O=C1CC(=Cc2ccccc2F)C(=O)N1. The minimum Gasteiger partial charge on any atom is -0.292 e. The maximum absolute atomic E-state index is 13.2. The van der Waals surface area contributed by atoms with E-state index in [1.807, 2.05) is 0 Å². The number of hydrogen-bond acceptors (Lipinski definition) is 2. The first kappa shape index (κ1) is 9.58. The number of nitrogens with one attached hydrogen (secondary N) is 1. The topological polar surface area (TPSA) is 46.2 Å². The number of carbonyl (C=O) groups is 2. The summed E-state index contributed by atoms with van der Waals surface area (Å²) in [6.07, 6.45) is 1.42. The molecule has 0 atom stereocenters. The number of carbonyl (C=O) groups excluding carboxylic acids is 2. The molecule has 0 aliphatic carbocycles. The summed E-state index contributed by atoms with van der Waals surface area (Å²) in [5.41, 5.74) is 0.613. The van der Waals surface area contributed by atoms with Gasteiger partial charge in [0.05, 0.1) is 6.42 Å². The summed E-state index contributed by atoms with van der Waals surface area (Å²) in [6.45, 7) is 0. The normalized spacial score (nSPS) is 18.3. The van der Waals surface area contributed by atoms with Crippen LogP contribution in [0.25, 0.3) is 6.08 Å². The van der Waals surface area contributed by atoms with Gasteiger partial charge in [-0.2, -0.15) is 0 Å². The first-order valence-corrected chi connectivity index (χ1v) is 4.46. The highest BCUT2D eigenvalue weighted by Crippen LogP contribution is 2.16. The van der Waals surface area contributed by atoms with E-state index >= 15 is 0 Å². The Morgan fingerprint density at radius 1 is 1.27 bits per heavy atom. The highest BCUT2D eigenvalue weighted by Gasteiger charge is 2.23. The lowest BCUT2D eigenvalue weighted by atomic mass is 10.1. The summed E-state index contributed by atoms with van der Waals surface area (Å²) in [5.74, 6) is -1.19. The van der Waals surface area contributed by atoms with E-state index in [1.54, 1.807) is 18.2 Å². The molecule has 1 aromatic carbocycles. The second kappa shape index (κ2) is 3.65. The molecule has 0 aromatic heterocycles. The Kier molecular flexibility index (Phi) is 2.33. The van der Waals surface area contributed by atoms with Crippen molar-refractivity contribution >= 4 is 17.9 Å². The molecule has 0 unspecified atom stereocenters. The second-order valence-corrected chi connectivity index (χ2v) is 3.25. The first-order valence-electron chi connectivity index (χ1n) is 4.46. The van der Waals surface area contributed by atoms with E-state index in [-0.39, 0.29) is 12.3 Å². The minimum atomic E-state index is -0.441. The number of rotatable bonds is 1. The van der Waals surface area contributed by atoms with Crippen LogP contribution in [0.15, 0.2) is 29.8 Å². The summed E-state index contributed by atoms with van der Waals surface area (Å²) in [7, 11) is 0. The molecule has 1 saturated heterocycles. The van der Waals surface area contributed by atoms with Gasteiger partial charge in [-0.3, -0.25) is 14.9 Å². The van der Waals surface area contributed by atoms with Crippen molar-refractivity contribution in [3.63, 3.8) is 0 Å². The third-order valence-electron chi connectivity index (χ3n) is 2.13. The summed E-state index contributed by atoms with van der Waals surface area (Å²) < 4.78 is 13.2. The van der Waals surface area contributed by atoms with Gasteiger partial charge in [0.25, 0.3) is 5.91 Å². The molecule has 1 N–H and O–H groups in total. The number of benzene rings is 1. The molecule has 2 amide bonds. The van der Waals surface area contributed by atoms with Crippen molar-refractivity contribution in [2.75, 3.05) is 0 Å². The zero-order valence-electron chi connectivity index (χ0n) is 7.79. The Hall–Kier alpha value is -1.97. The Labute approximate surface area is 85.6 Å². The summed E-state index contributed by atoms with van der Waals surface area (Å²) in [5, 5.41) is 2.14. The molecule has 3 nitrogen and oxygen atoms in total. The maximum atomic E-state index is 13.2. The van der Waals surface area contributed by atoms with Crippen molar-refractivity contribution in [3.8, 4) is 0 Å². The lowest BCUT2D eigenvalue weighted by molar-refractivity contribution is -0.124. The van der Waals surface area contributed by atoms with Crippen molar-refractivity contribution in [2.45, 2.75) is 6.42 Å². The van der Waals surface area contributed by atoms with Crippen LogP contribution in [-0.4, -0.2) is 11.8 Å². The third kappa shape index (κ3) is 1.93. The summed E-state index contributed by atoms with van der Waals surface area (Å²) in [6, 6.07) is 6.10. The van der Waals surface area contributed by atoms with Gasteiger partial charge in [-0.1, -0.05) is 18.2 Å². The smallest absolute Gasteiger partial charge is 0.254 e. The minimum absolute atomic E-state index is 0.0210. The van der Waals surface area contributed by atoms with Crippen molar-refractivity contribution in [1.29, 1.82) is 0 Å². The molecule has 1 fully saturated rings. The van der Waals surface area contributed by atoms with Gasteiger partial charge < -0.3 is 0 Å². The van der Waals surface area contributed by atoms with Crippen molar-refractivity contribution in [2.24, 2.45) is 0 Å². The van der Waals surface area contributed by atoms with Crippen LogP contribution in [0, 0.1) is 5.82 Å². The van der Waals surface area contributed by atoms with Crippen molar-refractivity contribution in [3.05, 3.63) is 41.2 Å². The fourth-order valence-electron chi connectivity index (χ4n) is 1.40. The molecule has 0 saturated carbocycles. The molecule has 15 heavy (non-hydrogen) atoms. The van der Waals surface area contributed by atoms with Crippen LogP contribution in [-0.2, 0) is 9.59 Å². The average molecular weight is 205 g/mol. The highest BCUT2D eigenvalue weighted by molar-refractivity contribution is 6.15. The van der Waals surface area contributed by atoms with Gasteiger partial charge in [0.1, 0.15) is 5.82 Å². The van der Waals surface area contributed by atoms with E-state index < -0.39 is 11.7 Å². The molecule has 0 radical (unpaired) electrons. The lowest BCUT2D eigenvalue weighted by Crippen LogP contribution is -2.19. The third-order valence-corrected chi connectivity index (χ3v) is 2.13. The molecule has 1 aromatic rings. The largest absolute Gasteiger partial charge is 0.292 e. The standard InChI is InChI=1S/C11H8FNO2/c12-9-4-2-1-3-7(9)5-8-6-10(14)13-11(8)15/h1-5H,6H2,(H,13,14,15). The molecule has 4 heteroatoms. The number of amides is 2. The van der Waals surface area contributed by atoms with Gasteiger partial charge in [0.2, 0.25) is 5.91 Å². The van der Waals surface area contributed by atoms with Gasteiger partial charge >= 0.3 is 0 Å². The molecular formula is C11H8FNO2. The van der Waals surface area contributed by atoms with Crippen LogP contribution in [0.1, 0.15) is 12.0 Å². The van der Waals surface area contributed by atoms with E-state index in [0.29, 0.717) is 11.1 Å². The number of imide groups is 1. The Morgan fingerprint density at radius 3 is 2.60 bits per heavy atom. The maximum Gasteiger partial charge on any atom is 0.254 e. The van der Waals surface area contributed by atoms with E-state index in [0.717, 1.165) is 0 Å². The number of hydrogen-bond donors (Lipinski definition) is 1. The highest BCUT2D eigenvalue weighted by atomic mass is 19.1. The summed E-state index contributed by atoms with van der Waals surface area (Å²) >= 11 is 0. The Bertz CT molecular complexity index is 465. The molecule has 0 bridgehead atoms. The Morgan fingerprint density at radius 2 is 2.00 bits per heavy atom. The van der Waals surface area contributed by atoms with Crippen LogP contribution in [0.3, 0.4) is 0 Å². The average Bonchev–Trinajstić information content (AvgIpc) is 2.49. The molecule has 76 valence electrons. The zero-order valence-corrected chi connectivity index (χ0v) is 7.79. The van der Waals surface area contributed by atoms with E-state index in [1.165, 1.54) is 12.1 Å². The monoisotopic (exact) mass is 205 g/mol. The van der Waals surface area contributed by atoms with E-state index in [9.17, 15) is 14.0 Å². The van der Waals surface area contributed by atoms with Gasteiger partial charge in [0, 0.05) is 11.1 Å². The van der Waals surface area contributed by atoms with Gasteiger partial charge in [0.15, 0.2) is 0 Å². The zero-order chi connectivity index (χ0) is 10.8. The van der Waals surface area contributed by atoms with Crippen molar-refractivity contribution < 1.29 is 14.0 Å².